The number of carboxylic acid groups (broad SMARTS) is 1. The molecule has 0 aliphatic carbocycles. The molecule has 2 fully saturated rings. The summed E-state index contributed by atoms with van der Waals surface area (Å²) in [7, 11) is -4.49. The van der Waals surface area contributed by atoms with E-state index < -0.39 is 44.7 Å². The van der Waals surface area contributed by atoms with E-state index >= 15 is 0 Å². The van der Waals surface area contributed by atoms with Gasteiger partial charge in [-0.05, 0) is 42.5 Å². The second kappa shape index (κ2) is 10.1. The lowest BCUT2D eigenvalue weighted by molar-refractivity contribution is -0.140. The Labute approximate surface area is 206 Å². The van der Waals surface area contributed by atoms with Gasteiger partial charge in [0, 0.05) is 32.2 Å². The van der Waals surface area contributed by atoms with Crippen LogP contribution in [-0.2, 0) is 21.0 Å². The number of nitrogens with one attached hydrogen (secondary N) is 1. The summed E-state index contributed by atoms with van der Waals surface area (Å²) < 4.78 is 69.9. The summed E-state index contributed by atoms with van der Waals surface area (Å²) in [5.41, 5.74) is -0.457. The summed E-state index contributed by atoms with van der Waals surface area (Å²) in [6.07, 6.45) is -5.05. The molecular formula is C24H26F3N3O5S. The number of benzene rings is 2. The number of sulfonamides is 1. The standard InChI is InChI=1S/C24H26F3N3O5S/c25-24(26,27)20-14-17(16-4-2-1-3-5-16)6-7-21(20)36(34,35)28-19-9-12-29(13-10-19)22(31)18-8-11-30(15-18)23(32)33/h1-7,14,18-19,28H,8-13,15H2,(H,32,33). The van der Waals surface area contributed by atoms with Crippen LogP contribution < -0.4 is 4.72 Å². The molecule has 36 heavy (non-hydrogen) atoms. The number of piperidine rings is 1. The molecule has 0 aromatic heterocycles. The highest BCUT2D eigenvalue weighted by molar-refractivity contribution is 7.89. The molecule has 2 amide bonds. The van der Waals surface area contributed by atoms with E-state index in [-0.39, 0.29) is 50.5 Å². The number of likely N-dealkylation sites (tertiary alicyclic amines) is 2. The highest BCUT2D eigenvalue weighted by atomic mass is 32.2. The van der Waals surface area contributed by atoms with E-state index in [1.54, 1.807) is 35.2 Å². The summed E-state index contributed by atoms with van der Waals surface area (Å²) in [6.45, 7) is 0.871. The predicted octanol–water partition coefficient (Wildman–Crippen LogP) is 3.64. The number of hydrogen-bond donors (Lipinski definition) is 2. The summed E-state index contributed by atoms with van der Waals surface area (Å²) in [5.74, 6) is -0.622. The zero-order valence-corrected chi connectivity index (χ0v) is 20.1. The topological polar surface area (TPSA) is 107 Å². The van der Waals surface area contributed by atoms with Crippen LogP contribution in [0.15, 0.2) is 53.4 Å². The van der Waals surface area contributed by atoms with Crippen molar-refractivity contribution < 1.29 is 36.3 Å². The van der Waals surface area contributed by atoms with E-state index in [2.05, 4.69) is 4.72 Å². The van der Waals surface area contributed by atoms with Crippen LogP contribution in [0.1, 0.15) is 24.8 Å². The lowest BCUT2D eigenvalue weighted by Crippen LogP contribution is -2.48. The Morgan fingerprint density at radius 1 is 0.917 bits per heavy atom. The third kappa shape index (κ3) is 5.65. The minimum absolute atomic E-state index is 0.125. The molecule has 2 aromatic rings. The quantitative estimate of drug-likeness (QED) is 0.620. The van der Waals surface area contributed by atoms with Crippen molar-refractivity contribution in [1.29, 1.82) is 0 Å². The maximum absolute atomic E-state index is 13.8. The fourth-order valence-electron chi connectivity index (χ4n) is 4.69. The largest absolute Gasteiger partial charge is 0.465 e. The molecule has 8 nitrogen and oxygen atoms in total. The van der Waals surface area contributed by atoms with Crippen LogP contribution in [0.25, 0.3) is 11.1 Å². The first kappa shape index (κ1) is 26.0. The molecule has 1 atom stereocenters. The molecule has 2 saturated heterocycles. The maximum Gasteiger partial charge on any atom is 0.417 e. The van der Waals surface area contributed by atoms with E-state index in [1.165, 1.54) is 11.0 Å². The number of hydrogen-bond acceptors (Lipinski definition) is 4. The van der Waals surface area contributed by atoms with Gasteiger partial charge in [0.1, 0.15) is 0 Å². The molecule has 2 heterocycles. The fraction of sp³-hybridized carbons (Fsp3) is 0.417. The second-order valence-electron chi connectivity index (χ2n) is 9.01. The van der Waals surface area contributed by atoms with Crippen LogP contribution in [0.3, 0.4) is 0 Å². The molecule has 12 heteroatoms. The smallest absolute Gasteiger partial charge is 0.417 e. The first-order chi connectivity index (χ1) is 17.0. The van der Waals surface area contributed by atoms with Gasteiger partial charge >= 0.3 is 12.3 Å². The van der Waals surface area contributed by atoms with Gasteiger partial charge < -0.3 is 14.9 Å². The lowest BCUT2D eigenvalue weighted by atomic mass is 10.0. The molecule has 0 spiro atoms. The molecule has 194 valence electrons. The van der Waals surface area contributed by atoms with E-state index in [4.69, 9.17) is 5.11 Å². The summed E-state index contributed by atoms with van der Waals surface area (Å²) in [4.78, 5) is 25.7. The van der Waals surface area contributed by atoms with Crippen LogP contribution in [0.2, 0.25) is 0 Å². The van der Waals surface area contributed by atoms with Gasteiger partial charge in [-0.25, -0.2) is 17.9 Å². The summed E-state index contributed by atoms with van der Waals surface area (Å²) in [6, 6.07) is 10.9. The molecule has 1 unspecified atom stereocenters. The van der Waals surface area contributed by atoms with Crippen LogP contribution in [0, 0.1) is 5.92 Å². The summed E-state index contributed by atoms with van der Waals surface area (Å²) >= 11 is 0. The van der Waals surface area contributed by atoms with Gasteiger partial charge in [-0.2, -0.15) is 13.2 Å². The molecular weight excluding hydrogens is 499 g/mol. The minimum Gasteiger partial charge on any atom is -0.465 e. The molecule has 2 N–H and O–H groups in total. The number of amides is 2. The van der Waals surface area contributed by atoms with Crippen molar-refractivity contribution in [3.8, 4) is 11.1 Å². The van der Waals surface area contributed by atoms with Crippen molar-refractivity contribution in [1.82, 2.24) is 14.5 Å². The van der Waals surface area contributed by atoms with E-state index in [1.807, 2.05) is 0 Å². The van der Waals surface area contributed by atoms with Crippen LogP contribution in [-0.4, -0.2) is 67.5 Å². The Kier molecular flexibility index (Phi) is 7.28. The van der Waals surface area contributed by atoms with Crippen LogP contribution in [0.4, 0.5) is 18.0 Å². The Balaban J connectivity index is 1.44. The zero-order chi connectivity index (χ0) is 26.1. The van der Waals surface area contributed by atoms with E-state index in [0.29, 0.717) is 12.0 Å². The van der Waals surface area contributed by atoms with Crippen molar-refractivity contribution in [3.63, 3.8) is 0 Å². The highest BCUT2D eigenvalue weighted by Gasteiger charge is 2.39. The van der Waals surface area contributed by atoms with Crippen molar-refractivity contribution in [3.05, 3.63) is 54.1 Å². The Hall–Kier alpha value is -3.12. The Bertz CT molecular complexity index is 1230. The van der Waals surface area contributed by atoms with Gasteiger partial charge in [-0.15, -0.1) is 0 Å². The van der Waals surface area contributed by atoms with Crippen molar-refractivity contribution >= 4 is 22.0 Å². The molecule has 2 aliphatic heterocycles. The molecule has 0 radical (unpaired) electrons. The number of halogens is 3. The number of carbonyl (C=O) groups is 2. The highest BCUT2D eigenvalue weighted by Crippen LogP contribution is 2.37. The first-order valence-corrected chi connectivity index (χ1v) is 13.0. The monoisotopic (exact) mass is 525 g/mol. The van der Waals surface area contributed by atoms with Gasteiger partial charge in [0.25, 0.3) is 0 Å². The van der Waals surface area contributed by atoms with E-state index in [9.17, 15) is 31.2 Å². The van der Waals surface area contributed by atoms with Gasteiger partial charge in [0.15, 0.2) is 0 Å². The normalized spacial score (nSPS) is 19.5. The molecule has 4 rings (SSSR count). The molecule has 2 aliphatic rings. The number of nitrogens with zero attached hydrogens (tertiary/aromatic N) is 2. The second-order valence-corrected chi connectivity index (χ2v) is 10.7. The summed E-state index contributed by atoms with van der Waals surface area (Å²) in [5, 5.41) is 9.07. The lowest BCUT2D eigenvalue weighted by Gasteiger charge is -2.33. The number of rotatable bonds is 5. The van der Waals surface area contributed by atoms with Crippen LogP contribution in [0.5, 0.6) is 0 Å². The van der Waals surface area contributed by atoms with Gasteiger partial charge in [-0.3, -0.25) is 4.79 Å². The van der Waals surface area contributed by atoms with Gasteiger partial charge in [0.05, 0.1) is 16.4 Å². The maximum atomic E-state index is 13.8. The van der Waals surface area contributed by atoms with Gasteiger partial charge in [-0.1, -0.05) is 36.4 Å². The average Bonchev–Trinajstić information content (AvgIpc) is 3.34. The van der Waals surface area contributed by atoms with Gasteiger partial charge in [0.2, 0.25) is 15.9 Å². The Morgan fingerprint density at radius 2 is 1.56 bits per heavy atom. The third-order valence-electron chi connectivity index (χ3n) is 6.62. The molecule has 2 aromatic carbocycles. The third-order valence-corrected chi connectivity index (χ3v) is 8.20. The fourth-order valence-corrected chi connectivity index (χ4v) is 6.20. The minimum atomic E-state index is -4.88. The SMILES string of the molecule is O=C(O)N1CCC(C(=O)N2CCC(NS(=O)(=O)c3ccc(-c4ccccc4)cc3C(F)(F)F)CC2)C1. The number of alkyl halides is 3. The average molecular weight is 526 g/mol. The Morgan fingerprint density at radius 3 is 2.14 bits per heavy atom. The predicted molar refractivity (Wildman–Crippen MR) is 125 cm³/mol. The number of carbonyl (C=O) groups excluding carboxylic acids is 1. The van der Waals surface area contributed by atoms with Crippen molar-refractivity contribution in [2.24, 2.45) is 5.92 Å². The zero-order valence-electron chi connectivity index (χ0n) is 19.2. The van der Waals surface area contributed by atoms with Crippen molar-refractivity contribution in [2.45, 2.75) is 36.4 Å². The van der Waals surface area contributed by atoms with Crippen molar-refractivity contribution in [2.75, 3.05) is 26.2 Å². The van der Waals surface area contributed by atoms with Crippen LogP contribution >= 0.6 is 0 Å². The van der Waals surface area contributed by atoms with E-state index in [0.717, 1.165) is 12.1 Å². The molecule has 0 bridgehead atoms. The molecule has 0 saturated carbocycles. The first-order valence-electron chi connectivity index (χ1n) is 11.5.